The van der Waals surface area contributed by atoms with Gasteiger partial charge in [-0.3, -0.25) is 4.79 Å². The van der Waals surface area contributed by atoms with E-state index >= 15 is 0 Å². The lowest BCUT2D eigenvalue weighted by atomic mass is 9.99. The molecule has 3 rings (SSSR count). The van der Waals surface area contributed by atoms with Gasteiger partial charge in [0.2, 0.25) is 5.78 Å². The van der Waals surface area contributed by atoms with Gasteiger partial charge in [0, 0.05) is 16.0 Å². The van der Waals surface area contributed by atoms with Crippen LogP contribution >= 0.6 is 11.8 Å². The van der Waals surface area contributed by atoms with Crippen molar-refractivity contribution in [2.45, 2.75) is 11.0 Å². The number of ketones is 1. The molecule has 0 bridgehead atoms. The summed E-state index contributed by atoms with van der Waals surface area (Å²) in [6.45, 7) is 0. The molecule has 28 heavy (non-hydrogen) atoms. The van der Waals surface area contributed by atoms with Crippen LogP contribution in [0.2, 0.25) is 0 Å². The van der Waals surface area contributed by atoms with Crippen LogP contribution < -0.4 is 4.74 Å². The smallest absolute Gasteiger partial charge is 0.342 e. The Kier molecular flexibility index (Phi) is 6.50. The quantitative estimate of drug-likeness (QED) is 0.314. The molecular weight excluding hydrogens is 372 g/mol. The molecule has 1 unspecified atom stereocenters. The first-order valence-corrected chi connectivity index (χ1v) is 9.93. The van der Waals surface area contributed by atoms with Crippen LogP contribution in [0.4, 0.5) is 0 Å². The summed E-state index contributed by atoms with van der Waals surface area (Å²) in [7, 11) is 1.50. The van der Waals surface area contributed by atoms with Gasteiger partial charge in [-0.15, -0.1) is 11.8 Å². The zero-order valence-corrected chi connectivity index (χ0v) is 16.4. The molecule has 3 aromatic carbocycles. The number of esters is 1. The highest BCUT2D eigenvalue weighted by molar-refractivity contribution is 7.98. The van der Waals surface area contributed by atoms with Gasteiger partial charge in [0.05, 0.1) is 7.11 Å². The van der Waals surface area contributed by atoms with Crippen LogP contribution in [-0.4, -0.2) is 25.1 Å². The van der Waals surface area contributed by atoms with E-state index < -0.39 is 12.1 Å². The Morgan fingerprint density at radius 1 is 0.893 bits per heavy atom. The minimum absolute atomic E-state index is 0.278. The Balaban J connectivity index is 1.94. The minimum atomic E-state index is -1.04. The molecule has 0 amide bonds. The molecule has 0 saturated carbocycles. The summed E-state index contributed by atoms with van der Waals surface area (Å²) in [5.41, 5.74) is 1.38. The van der Waals surface area contributed by atoms with Gasteiger partial charge in [0.25, 0.3) is 0 Å². The number of methoxy groups -OCH3 is 1. The zero-order chi connectivity index (χ0) is 19.9. The number of hydrogen-bond acceptors (Lipinski definition) is 5. The molecule has 5 heteroatoms. The highest BCUT2D eigenvalue weighted by Gasteiger charge is 2.27. The van der Waals surface area contributed by atoms with Crippen LogP contribution in [0, 0.1) is 0 Å². The monoisotopic (exact) mass is 392 g/mol. The van der Waals surface area contributed by atoms with Crippen molar-refractivity contribution in [3.63, 3.8) is 0 Å². The number of Topliss-reactive ketones (excluding diaryl/α,β-unsaturated/α-hetero) is 1. The molecular formula is C23H20O4S. The largest absolute Gasteiger partial charge is 0.496 e. The van der Waals surface area contributed by atoms with E-state index in [2.05, 4.69) is 0 Å². The fourth-order valence-electron chi connectivity index (χ4n) is 2.79. The average molecular weight is 392 g/mol. The first-order chi connectivity index (χ1) is 13.6. The molecule has 0 heterocycles. The molecule has 0 spiro atoms. The van der Waals surface area contributed by atoms with Crippen LogP contribution in [0.1, 0.15) is 32.4 Å². The third-order valence-electron chi connectivity index (χ3n) is 4.25. The van der Waals surface area contributed by atoms with Crippen LogP contribution in [-0.2, 0) is 4.74 Å². The Morgan fingerprint density at radius 2 is 1.54 bits per heavy atom. The van der Waals surface area contributed by atoms with Crippen LogP contribution in [0.3, 0.4) is 0 Å². The molecule has 0 fully saturated rings. The van der Waals surface area contributed by atoms with Crippen LogP contribution in [0.25, 0.3) is 0 Å². The van der Waals surface area contributed by atoms with Crippen molar-refractivity contribution in [3.05, 3.63) is 95.6 Å². The summed E-state index contributed by atoms with van der Waals surface area (Å²) in [4.78, 5) is 26.9. The van der Waals surface area contributed by atoms with Crippen molar-refractivity contribution >= 4 is 23.5 Å². The van der Waals surface area contributed by atoms with Gasteiger partial charge in [-0.05, 0) is 24.5 Å². The summed E-state index contributed by atoms with van der Waals surface area (Å²) in [6.07, 6.45) is 0.900. The second-order valence-electron chi connectivity index (χ2n) is 5.99. The van der Waals surface area contributed by atoms with Crippen molar-refractivity contribution in [2.24, 2.45) is 0 Å². The molecule has 3 aromatic rings. The molecule has 0 aromatic heterocycles. The standard InChI is InChI=1S/C23H20O4S/c1-26-20-15-18(28-2)13-14-19(20)23(25)27-22(17-11-7-4-8-12-17)21(24)16-9-5-3-6-10-16/h3-15,22H,1-2H3. The van der Waals surface area contributed by atoms with Crippen LogP contribution in [0.5, 0.6) is 5.75 Å². The number of carbonyl (C=O) groups is 2. The Labute approximate surface area is 168 Å². The van der Waals surface area contributed by atoms with Gasteiger partial charge in [-0.25, -0.2) is 4.79 Å². The summed E-state index contributed by atoms with van der Waals surface area (Å²) >= 11 is 1.55. The number of carbonyl (C=O) groups excluding carboxylic acids is 2. The first kappa shape index (κ1) is 19.7. The van der Waals surface area contributed by atoms with E-state index in [1.54, 1.807) is 60.3 Å². The minimum Gasteiger partial charge on any atom is -0.496 e. The van der Waals surface area contributed by atoms with E-state index in [0.29, 0.717) is 16.9 Å². The van der Waals surface area contributed by atoms with Gasteiger partial charge in [0.1, 0.15) is 11.3 Å². The summed E-state index contributed by atoms with van der Waals surface area (Å²) in [5, 5.41) is 0. The molecule has 0 aliphatic heterocycles. The second-order valence-corrected chi connectivity index (χ2v) is 6.87. The maximum Gasteiger partial charge on any atom is 0.342 e. The van der Waals surface area contributed by atoms with Crippen molar-refractivity contribution < 1.29 is 19.1 Å². The molecule has 0 aliphatic carbocycles. The number of rotatable bonds is 7. The molecule has 0 saturated heterocycles. The lowest BCUT2D eigenvalue weighted by Gasteiger charge is -2.18. The lowest BCUT2D eigenvalue weighted by molar-refractivity contribution is 0.0277. The topological polar surface area (TPSA) is 52.6 Å². The van der Waals surface area contributed by atoms with Crippen molar-refractivity contribution in [1.29, 1.82) is 0 Å². The average Bonchev–Trinajstić information content (AvgIpc) is 2.77. The maximum atomic E-state index is 13.1. The predicted octanol–water partition coefficient (Wildman–Crippen LogP) is 5.20. The molecule has 0 radical (unpaired) electrons. The van der Waals surface area contributed by atoms with Gasteiger partial charge in [0.15, 0.2) is 6.10 Å². The zero-order valence-electron chi connectivity index (χ0n) is 15.6. The first-order valence-electron chi connectivity index (χ1n) is 8.71. The van der Waals surface area contributed by atoms with Crippen molar-refractivity contribution in [3.8, 4) is 5.75 Å². The molecule has 1 atom stereocenters. The molecule has 4 nitrogen and oxygen atoms in total. The maximum absolute atomic E-state index is 13.1. The van der Waals surface area contributed by atoms with E-state index in [4.69, 9.17) is 9.47 Å². The summed E-state index contributed by atoms with van der Waals surface area (Å²) in [5.74, 6) is -0.474. The van der Waals surface area contributed by atoms with Gasteiger partial charge in [-0.1, -0.05) is 60.7 Å². The van der Waals surface area contributed by atoms with E-state index in [1.165, 1.54) is 7.11 Å². The van der Waals surface area contributed by atoms with Gasteiger partial charge < -0.3 is 9.47 Å². The third-order valence-corrected chi connectivity index (χ3v) is 4.98. The van der Waals surface area contributed by atoms with E-state index in [0.717, 1.165) is 4.90 Å². The lowest BCUT2D eigenvalue weighted by Crippen LogP contribution is -2.20. The molecule has 142 valence electrons. The normalized spacial score (nSPS) is 11.5. The number of thioether (sulfide) groups is 1. The summed E-state index contributed by atoms with van der Waals surface area (Å²) < 4.78 is 11.0. The van der Waals surface area contributed by atoms with Crippen molar-refractivity contribution in [2.75, 3.05) is 13.4 Å². The Hall–Kier alpha value is -3.05. The highest BCUT2D eigenvalue weighted by atomic mass is 32.2. The summed E-state index contributed by atoms with van der Waals surface area (Å²) in [6, 6.07) is 23.1. The van der Waals surface area contributed by atoms with E-state index in [9.17, 15) is 9.59 Å². The van der Waals surface area contributed by atoms with Gasteiger partial charge in [-0.2, -0.15) is 0 Å². The highest BCUT2D eigenvalue weighted by Crippen LogP contribution is 2.29. The van der Waals surface area contributed by atoms with E-state index in [-0.39, 0.29) is 11.3 Å². The number of benzene rings is 3. The number of ether oxygens (including phenoxy) is 2. The Bertz CT molecular complexity index is 955. The SMILES string of the molecule is COc1cc(SC)ccc1C(=O)OC(C(=O)c1ccccc1)c1ccccc1. The second kappa shape index (κ2) is 9.24. The third kappa shape index (κ3) is 4.43. The molecule has 0 aliphatic rings. The fourth-order valence-corrected chi connectivity index (χ4v) is 3.22. The van der Waals surface area contributed by atoms with Gasteiger partial charge >= 0.3 is 5.97 Å². The van der Waals surface area contributed by atoms with E-state index in [1.807, 2.05) is 36.6 Å². The molecule has 0 N–H and O–H groups in total. The Morgan fingerprint density at radius 3 is 2.14 bits per heavy atom. The number of hydrogen-bond donors (Lipinski definition) is 0. The predicted molar refractivity (Wildman–Crippen MR) is 110 cm³/mol. The van der Waals surface area contributed by atoms with Crippen LogP contribution in [0.15, 0.2) is 83.8 Å². The fraction of sp³-hybridized carbons (Fsp3) is 0.130. The van der Waals surface area contributed by atoms with Crippen molar-refractivity contribution in [1.82, 2.24) is 0 Å².